The Morgan fingerprint density at radius 3 is 2.09 bits per heavy atom. The van der Waals surface area contributed by atoms with Crippen molar-refractivity contribution in [3.05, 3.63) is 67.5 Å². The summed E-state index contributed by atoms with van der Waals surface area (Å²) in [6, 6.07) is 3.23. The molecule has 1 aliphatic heterocycles. The SMILES string of the molecule is CCOC(=O)C1=C(C)/C(=C(\c2cc(N=[N+]=[N-])cc(OC)c2OC)c2c(C)c(C(=O)OCC)c(C)n2C)N(B(OC)OC)C1(C)C. The fraction of sp³-hybridized carbons (Fsp3) is 0.484. The van der Waals surface area contributed by atoms with Gasteiger partial charge in [0, 0.05) is 54.4 Å². The van der Waals surface area contributed by atoms with E-state index in [1.807, 2.05) is 51.0 Å². The Hall–Kier alpha value is -4.39. The van der Waals surface area contributed by atoms with Crippen molar-refractivity contribution in [3.63, 3.8) is 0 Å². The third kappa shape index (κ3) is 6.00. The van der Waals surface area contributed by atoms with Crippen molar-refractivity contribution in [3.8, 4) is 11.5 Å². The number of hydrogen-bond donors (Lipinski definition) is 0. The van der Waals surface area contributed by atoms with E-state index in [0.29, 0.717) is 62.0 Å². The molecule has 0 radical (unpaired) electrons. The first kappa shape index (κ1) is 35.1. The van der Waals surface area contributed by atoms with Gasteiger partial charge in [0.15, 0.2) is 11.5 Å². The summed E-state index contributed by atoms with van der Waals surface area (Å²) >= 11 is 0. The van der Waals surface area contributed by atoms with Gasteiger partial charge in [-0.3, -0.25) is 0 Å². The molecule has 0 bridgehead atoms. The van der Waals surface area contributed by atoms with Crippen LogP contribution < -0.4 is 9.47 Å². The molecule has 0 unspecified atom stereocenters. The summed E-state index contributed by atoms with van der Waals surface area (Å²) in [5, 5.41) is 3.87. The van der Waals surface area contributed by atoms with Crippen LogP contribution in [0.1, 0.15) is 67.5 Å². The number of ether oxygens (including phenoxy) is 4. The van der Waals surface area contributed by atoms with Gasteiger partial charge in [-0.15, -0.1) is 0 Å². The molecule has 13 nitrogen and oxygen atoms in total. The van der Waals surface area contributed by atoms with Crippen molar-refractivity contribution < 1.29 is 37.8 Å². The number of nitrogens with zero attached hydrogens (tertiary/aromatic N) is 5. The van der Waals surface area contributed by atoms with Crippen LogP contribution in [-0.2, 0) is 30.6 Å². The molecule has 0 spiro atoms. The first-order valence-corrected chi connectivity index (χ1v) is 14.4. The van der Waals surface area contributed by atoms with Gasteiger partial charge in [0.1, 0.15) is 0 Å². The minimum Gasteiger partial charge on any atom is -0.493 e. The zero-order valence-corrected chi connectivity index (χ0v) is 28.1. The van der Waals surface area contributed by atoms with Crippen LogP contribution in [0, 0.1) is 13.8 Å². The van der Waals surface area contributed by atoms with Gasteiger partial charge in [-0.25, -0.2) is 9.59 Å². The van der Waals surface area contributed by atoms with E-state index in [9.17, 15) is 15.1 Å². The van der Waals surface area contributed by atoms with Gasteiger partial charge in [0.05, 0.1) is 49.8 Å². The molecule has 242 valence electrons. The van der Waals surface area contributed by atoms with Crippen LogP contribution in [0.2, 0.25) is 0 Å². The average molecular weight is 624 g/mol. The number of hydrogen-bond acceptors (Lipinski definition) is 10. The molecule has 0 saturated carbocycles. The zero-order valence-electron chi connectivity index (χ0n) is 28.1. The summed E-state index contributed by atoms with van der Waals surface area (Å²) in [6.07, 6.45) is 0. The fourth-order valence-electron chi connectivity index (χ4n) is 6.20. The normalized spacial score (nSPS) is 15.1. The number of benzene rings is 1. The van der Waals surface area contributed by atoms with Gasteiger partial charge < -0.3 is 37.6 Å². The minimum atomic E-state index is -1.01. The van der Waals surface area contributed by atoms with Crippen LogP contribution in [0.15, 0.2) is 34.1 Å². The smallest absolute Gasteiger partial charge is 0.493 e. The first-order valence-electron chi connectivity index (χ1n) is 14.4. The Kier molecular flexibility index (Phi) is 11.0. The fourth-order valence-corrected chi connectivity index (χ4v) is 6.20. The lowest BCUT2D eigenvalue weighted by atomic mass is 9.87. The summed E-state index contributed by atoms with van der Waals surface area (Å²) in [7, 11) is 6.85. The monoisotopic (exact) mass is 623 g/mol. The second-order valence-corrected chi connectivity index (χ2v) is 10.8. The molecule has 0 N–H and O–H groups in total. The topological polar surface area (TPSA) is 146 Å². The Bertz CT molecular complexity index is 1600. The van der Waals surface area contributed by atoms with Crippen molar-refractivity contribution in [2.24, 2.45) is 12.2 Å². The zero-order chi connectivity index (χ0) is 33.8. The molecule has 45 heavy (non-hydrogen) atoms. The number of aromatic nitrogens is 1. The molecular formula is C31H42BN5O8. The molecule has 1 aromatic heterocycles. The van der Waals surface area contributed by atoms with E-state index in [4.69, 9.17) is 28.3 Å². The van der Waals surface area contributed by atoms with Gasteiger partial charge in [-0.05, 0) is 77.3 Å². The maximum atomic E-state index is 13.6. The molecule has 0 saturated heterocycles. The van der Waals surface area contributed by atoms with E-state index in [-0.39, 0.29) is 18.9 Å². The van der Waals surface area contributed by atoms with Gasteiger partial charge in [-0.2, -0.15) is 0 Å². The highest BCUT2D eigenvalue weighted by Crippen LogP contribution is 2.51. The third-order valence-corrected chi connectivity index (χ3v) is 8.06. The predicted molar refractivity (Wildman–Crippen MR) is 170 cm³/mol. The number of allylic oxidation sites excluding steroid dienone is 1. The van der Waals surface area contributed by atoms with E-state index in [2.05, 4.69) is 10.0 Å². The second-order valence-electron chi connectivity index (χ2n) is 10.8. The Balaban J connectivity index is 2.77. The summed E-state index contributed by atoms with van der Waals surface area (Å²) < 4.78 is 36.1. The van der Waals surface area contributed by atoms with E-state index in [0.717, 1.165) is 0 Å². The summed E-state index contributed by atoms with van der Waals surface area (Å²) in [5.74, 6) is -0.337. The van der Waals surface area contributed by atoms with Crippen LogP contribution in [0.3, 0.4) is 0 Å². The third-order valence-electron chi connectivity index (χ3n) is 8.06. The number of methoxy groups -OCH3 is 2. The molecular weight excluding hydrogens is 581 g/mol. The van der Waals surface area contributed by atoms with E-state index in [1.165, 1.54) is 28.4 Å². The lowest BCUT2D eigenvalue weighted by Crippen LogP contribution is -2.53. The lowest BCUT2D eigenvalue weighted by Gasteiger charge is -2.39. The van der Waals surface area contributed by atoms with Gasteiger partial charge in [0.2, 0.25) is 0 Å². The highest BCUT2D eigenvalue weighted by Gasteiger charge is 2.52. The molecule has 2 heterocycles. The molecule has 0 atom stereocenters. The van der Waals surface area contributed by atoms with E-state index >= 15 is 0 Å². The molecule has 0 aliphatic carbocycles. The van der Waals surface area contributed by atoms with Crippen LogP contribution in [0.4, 0.5) is 5.69 Å². The highest BCUT2D eigenvalue weighted by atomic mass is 16.6. The molecule has 14 heteroatoms. The second kappa shape index (κ2) is 14.1. The summed E-state index contributed by atoms with van der Waals surface area (Å²) in [5.41, 5.74) is 13.4. The number of carbonyl (C=O) groups excluding carboxylic acids is 2. The van der Waals surface area contributed by atoms with Crippen molar-refractivity contribution in [1.82, 2.24) is 9.38 Å². The van der Waals surface area contributed by atoms with E-state index < -0.39 is 24.7 Å². The van der Waals surface area contributed by atoms with Crippen molar-refractivity contribution in [2.75, 3.05) is 41.7 Å². The molecule has 3 rings (SSSR count). The largest absolute Gasteiger partial charge is 0.593 e. The summed E-state index contributed by atoms with van der Waals surface area (Å²) in [4.78, 5) is 31.7. The molecule has 0 amide bonds. The van der Waals surface area contributed by atoms with Gasteiger partial charge in [0.25, 0.3) is 0 Å². The van der Waals surface area contributed by atoms with Gasteiger partial charge in [-0.1, -0.05) is 5.11 Å². The molecule has 0 fully saturated rings. The molecule has 2 aromatic rings. The van der Waals surface area contributed by atoms with Crippen LogP contribution >= 0.6 is 0 Å². The van der Waals surface area contributed by atoms with Crippen molar-refractivity contribution in [2.45, 2.75) is 54.0 Å². The van der Waals surface area contributed by atoms with E-state index in [1.54, 1.807) is 26.0 Å². The van der Waals surface area contributed by atoms with Crippen LogP contribution in [0.5, 0.6) is 11.5 Å². The average Bonchev–Trinajstić information content (AvgIpc) is 3.34. The maximum Gasteiger partial charge on any atom is 0.593 e. The molecule has 1 aliphatic rings. The van der Waals surface area contributed by atoms with Crippen molar-refractivity contribution in [1.29, 1.82) is 0 Å². The minimum absolute atomic E-state index is 0.174. The predicted octanol–water partition coefficient (Wildman–Crippen LogP) is 5.79. The first-order chi connectivity index (χ1) is 21.3. The lowest BCUT2D eigenvalue weighted by molar-refractivity contribution is -0.139. The number of carbonyl (C=O) groups is 2. The van der Waals surface area contributed by atoms with Crippen molar-refractivity contribution >= 4 is 30.5 Å². The Morgan fingerprint density at radius 2 is 1.58 bits per heavy atom. The van der Waals surface area contributed by atoms with Crippen LogP contribution in [0.25, 0.3) is 16.0 Å². The summed E-state index contributed by atoms with van der Waals surface area (Å²) in [6.45, 7) is 13.1. The van der Waals surface area contributed by atoms with Gasteiger partial charge >= 0.3 is 19.2 Å². The number of rotatable bonds is 12. The number of esters is 2. The molecule has 1 aromatic carbocycles. The highest BCUT2D eigenvalue weighted by molar-refractivity contribution is 6.42. The number of azide groups is 1. The maximum absolute atomic E-state index is 13.6. The standard InChI is InChI=1S/C31H42BN5O8/c1-13-44-29(38)23-17(3)26(36(8)19(23)5)24(21-15-20(34-35-33)16-22(40-9)28(21)41-10)27-18(4)25(30(39)45-14-2)31(6,7)37(27)32(42-11)43-12/h15-16H,13-14H2,1-12H3/b27-24-. The Morgan fingerprint density at radius 1 is 0.978 bits per heavy atom. The Labute approximate surface area is 264 Å². The quantitative estimate of drug-likeness (QED) is 0.0943. The van der Waals surface area contributed by atoms with Crippen LogP contribution in [-0.4, -0.2) is 75.8 Å².